The van der Waals surface area contributed by atoms with Gasteiger partial charge in [0.25, 0.3) is 0 Å². The summed E-state index contributed by atoms with van der Waals surface area (Å²) in [4.78, 5) is 34.6. The van der Waals surface area contributed by atoms with Crippen LogP contribution in [0, 0.1) is 5.41 Å². The molecule has 7 heteroatoms. The zero-order chi connectivity index (χ0) is 31.2. The lowest BCUT2D eigenvalue weighted by Gasteiger charge is -2.40. The Morgan fingerprint density at radius 1 is 0.909 bits per heavy atom. The Morgan fingerprint density at radius 2 is 1.57 bits per heavy atom. The van der Waals surface area contributed by atoms with Gasteiger partial charge < -0.3 is 20.0 Å². The molecule has 0 radical (unpaired) electrons. The number of amides is 1. The molecule has 2 heterocycles. The first-order valence-corrected chi connectivity index (χ1v) is 16.1. The van der Waals surface area contributed by atoms with Crippen LogP contribution in [0.4, 0.5) is 17.1 Å². The minimum atomic E-state index is -0.377. The first-order chi connectivity index (χ1) is 20.9. The van der Waals surface area contributed by atoms with Crippen molar-refractivity contribution < 1.29 is 9.59 Å². The van der Waals surface area contributed by atoms with Crippen molar-refractivity contribution >= 4 is 40.4 Å². The van der Waals surface area contributed by atoms with E-state index in [9.17, 15) is 9.59 Å². The van der Waals surface area contributed by atoms with Crippen LogP contribution in [-0.2, 0) is 15.0 Å². The van der Waals surface area contributed by atoms with E-state index in [2.05, 4.69) is 86.1 Å². The van der Waals surface area contributed by atoms with Gasteiger partial charge in [-0.1, -0.05) is 82.6 Å². The van der Waals surface area contributed by atoms with Crippen molar-refractivity contribution in [3.8, 4) is 0 Å². The van der Waals surface area contributed by atoms with Gasteiger partial charge in [0.05, 0.1) is 24.0 Å². The number of allylic oxidation sites excluding steroid dienone is 1. The van der Waals surface area contributed by atoms with E-state index in [0.717, 1.165) is 58.4 Å². The molecule has 1 atom stereocenters. The average molecular weight is 611 g/mol. The number of hydrogen-bond donors (Lipinski definition) is 1. The average Bonchev–Trinajstić information content (AvgIpc) is 3.11. The lowest BCUT2D eigenvalue weighted by molar-refractivity contribution is -0.130. The normalized spacial score (nSPS) is 20.1. The number of carbonyl (C=O) groups is 2. The van der Waals surface area contributed by atoms with Crippen LogP contribution in [0.25, 0.3) is 0 Å². The highest BCUT2D eigenvalue weighted by Gasteiger charge is 2.42. The van der Waals surface area contributed by atoms with Gasteiger partial charge in [-0.25, -0.2) is 0 Å². The van der Waals surface area contributed by atoms with Crippen LogP contribution in [0.15, 0.2) is 84.1 Å². The van der Waals surface area contributed by atoms with E-state index in [1.54, 1.807) is 0 Å². The van der Waals surface area contributed by atoms with Gasteiger partial charge in [-0.15, -0.1) is 0 Å². The number of para-hydroxylation sites is 2. The molecule has 3 aliphatic rings. The van der Waals surface area contributed by atoms with E-state index in [1.165, 1.54) is 5.56 Å². The highest BCUT2D eigenvalue weighted by atomic mass is 35.5. The molecule has 230 valence electrons. The molecule has 1 saturated heterocycles. The molecule has 1 N–H and O–H groups in total. The van der Waals surface area contributed by atoms with E-state index < -0.39 is 0 Å². The maximum atomic E-state index is 14.1. The topological polar surface area (TPSA) is 55.9 Å². The number of benzene rings is 3. The van der Waals surface area contributed by atoms with Crippen LogP contribution in [0.5, 0.6) is 0 Å². The number of Topliss-reactive ketones (excluding diaryl/α,β-unsaturated/α-hetero) is 1. The standard InChI is InChI=1S/C37H43ClN4O2/c1-36(2,3)26-12-10-25(11-13-26)35-34-30(22-37(4,5)23-32(34)43)39-29-8-6-7-9-31(29)42(35)24-33(44)41-20-18-40(19-21-41)28-16-14-27(38)15-17-28/h6-17,35,39H,18-24H2,1-5H3. The van der Waals surface area contributed by atoms with Crippen LogP contribution in [-0.4, -0.2) is 49.3 Å². The Hall–Kier alpha value is -3.77. The summed E-state index contributed by atoms with van der Waals surface area (Å²) in [7, 11) is 0. The lowest BCUT2D eigenvalue weighted by Crippen LogP contribution is -2.52. The van der Waals surface area contributed by atoms with Gasteiger partial charge in [-0.05, 0) is 64.8 Å². The summed E-state index contributed by atoms with van der Waals surface area (Å²) in [5, 5.41) is 4.39. The minimum absolute atomic E-state index is 0.00899. The molecule has 0 saturated carbocycles. The molecule has 2 aliphatic heterocycles. The van der Waals surface area contributed by atoms with E-state index in [4.69, 9.17) is 11.6 Å². The van der Waals surface area contributed by atoms with E-state index in [-0.39, 0.29) is 35.1 Å². The molecule has 44 heavy (non-hydrogen) atoms. The number of hydrogen-bond acceptors (Lipinski definition) is 5. The maximum absolute atomic E-state index is 14.1. The molecule has 6 rings (SSSR count). The van der Waals surface area contributed by atoms with Gasteiger partial charge in [-0.2, -0.15) is 0 Å². The molecular formula is C37H43ClN4O2. The van der Waals surface area contributed by atoms with Crippen LogP contribution in [0.1, 0.15) is 64.6 Å². The Labute approximate surface area is 266 Å². The summed E-state index contributed by atoms with van der Waals surface area (Å²) in [6.07, 6.45) is 1.25. The monoisotopic (exact) mass is 610 g/mol. The van der Waals surface area contributed by atoms with Crippen LogP contribution >= 0.6 is 11.6 Å². The second-order valence-electron chi connectivity index (χ2n) is 14.2. The Balaban J connectivity index is 1.36. The van der Waals surface area contributed by atoms with Gasteiger partial charge >= 0.3 is 0 Å². The molecule has 1 unspecified atom stereocenters. The summed E-state index contributed by atoms with van der Waals surface area (Å²) in [5.74, 6) is 0.218. The molecule has 0 spiro atoms. The third kappa shape index (κ3) is 6.10. The lowest BCUT2D eigenvalue weighted by atomic mass is 9.73. The zero-order valence-corrected chi connectivity index (χ0v) is 27.2. The number of carbonyl (C=O) groups excluding carboxylic acids is 2. The Morgan fingerprint density at radius 3 is 2.23 bits per heavy atom. The number of halogens is 1. The maximum Gasteiger partial charge on any atom is 0.242 e. The predicted octanol–water partition coefficient (Wildman–Crippen LogP) is 7.60. The fourth-order valence-electron chi connectivity index (χ4n) is 6.85. The first-order valence-electron chi connectivity index (χ1n) is 15.7. The van der Waals surface area contributed by atoms with Crippen molar-refractivity contribution in [3.05, 3.63) is 100 Å². The summed E-state index contributed by atoms with van der Waals surface area (Å²) in [5.41, 5.74) is 6.86. The molecule has 1 fully saturated rings. The largest absolute Gasteiger partial charge is 0.368 e. The smallest absolute Gasteiger partial charge is 0.242 e. The van der Waals surface area contributed by atoms with Crippen molar-refractivity contribution in [2.75, 3.05) is 47.8 Å². The molecule has 6 nitrogen and oxygen atoms in total. The van der Waals surface area contributed by atoms with E-state index in [1.807, 2.05) is 41.3 Å². The van der Waals surface area contributed by atoms with E-state index in [0.29, 0.717) is 19.5 Å². The number of rotatable bonds is 4. The van der Waals surface area contributed by atoms with Crippen LogP contribution in [0.3, 0.4) is 0 Å². The first kappa shape index (κ1) is 30.3. The molecule has 3 aromatic rings. The SMILES string of the molecule is CC1(C)CC(=O)C2=C(C1)Nc1ccccc1N(CC(=O)N1CCN(c3ccc(Cl)cc3)CC1)C2c1ccc(C(C)(C)C)cc1. The Bertz CT molecular complexity index is 1580. The number of anilines is 3. The second-order valence-corrected chi connectivity index (χ2v) is 14.7. The fraction of sp³-hybridized carbons (Fsp3) is 0.405. The van der Waals surface area contributed by atoms with Crippen molar-refractivity contribution in [1.82, 2.24) is 4.90 Å². The number of piperazine rings is 1. The molecule has 1 aliphatic carbocycles. The number of ketones is 1. The van der Waals surface area contributed by atoms with Gasteiger partial charge in [0.1, 0.15) is 0 Å². The highest BCUT2D eigenvalue weighted by Crippen LogP contribution is 2.48. The van der Waals surface area contributed by atoms with Gasteiger partial charge in [0.2, 0.25) is 5.91 Å². The second kappa shape index (κ2) is 11.6. The third-order valence-electron chi connectivity index (χ3n) is 9.23. The molecule has 1 amide bonds. The molecular weight excluding hydrogens is 568 g/mol. The fourth-order valence-corrected chi connectivity index (χ4v) is 6.98. The molecule has 0 bridgehead atoms. The zero-order valence-electron chi connectivity index (χ0n) is 26.5. The Kier molecular flexibility index (Phi) is 8.00. The summed E-state index contributed by atoms with van der Waals surface area (Å²) < 4.78 is 0. The van der Waals surface area contributed by atoms with Gasteiger partial charge in [0, 0.05) is 54.6 Å². The number of nitrogens with zero attached hydrogens (tertiary/aromatic N) is 3. The summed E-state index contributed by atoms with van der Waals surface area (Å²) >= 11 is 6.10. The van der Waals surface area contributed by atoms with Crippen LogP contribution < -0.4 is 15.1 Å². The van der Waals surface area contributed by atoms with Gasteiger partial charge in [0.15, 0.2) is 5.78 Å². The highest BCUT2D eigenvalue weighted by molar-refractivity contribution is 6.30. The minimum Gasteiger partial charge on any atom is -0.368 e. The number of nitrogens with one attached hydrogen (secondary N) is 1. The summed E-state index contributed by atoms with van der Waals surface area (Å²) in [6, 6.07) is 24.3. The molecule has 3 aromatic carbocycles. The number of fused-ring (bicyclic) bond motifs is 1. The van der Waals surface area contributed by atoms with Gasteiger partial charge in [-0.3, -0.25) is 9.59 Å². The van der Waals surface area contributed by atoms with Crippen LogP contribution in [0.2, 0.25) is 5.02 Å². The predicted molar refractivity (Wildman–Crippen MR) is 181 cm³/mol. The van der Waals surface area contributed by atoms with Crippen molar-refractivity contribution in [2.24, 2.45) is 5.41 Å². The molecule has 0 aromatic heterocycles. The summed E-state index contributed by atoms with van der Waals surface area (Å²) in [6.45, 7) is 13.9. The quantitative estimate of drug-likeness (QED) is 0.330. The third-order valence-corrected chi connectivity index (χ3v) is 9.48. The van der Waals surface area contributed by atoms with Crippen molar-refractivity contribution in [1.29, 1.82) is 0 Å². The van der Waals surface area contributed by atoms with Crippen molar-refractivity contribution in [2.45, 2.75) is 58.9 Å². The van der Waals surface area contributed by atoms with Crippen molar-refractivity contribution in [3.63, 3.8) is 0 Å². The van der Waals surface area contributed by atoms with E-state index >= 15 is 0 Å².